The van der Waals surface area contributed by atoms with Crippen LogP contribution in [0.3, 0.4) is 0 Å². The molecule has 0 aliphatic heterocycles. The summed E-state index contributed by atoms with van der Waals surface area (Å²) in [4.78, 5) is 13.8. The Morgan fingerprint density at radius 2 is 2.09 bits per heavy atom. The topological polar surface area (TPSA) is 87.9 Å². The van der Waals surface area contributed by atoms with Gasteiger partial charge >= 0.3 is 11.8 Å². The maximum atomic E-state index is 12.3. The van der Waals surface area contributed by atoms with Gasteiger partial charge in [-0.2, -0.15) is 5.10 Å². The van der Waals surface area contributed by atoms with E-state index in [1.807, 2.05) is 13.0 Å². The Hall–Kier alpha value is -2.18. The minimum absolute atomic E-state index is 0.0289. The first kappa shape index (κ1) is 16.2. The van der Waals surface area contributed by atoms with E-state index in [1.165, 1.54) is 4.90 Å². The van der Waals surface area contributed by atoms with Crippen LogP contribution in [0.5, 0.6) is 0 Å². The zero-order chi connectivity index (χ0) is 16.3. The summed E-state index contributed by atoms with van der Waals surface area (Å²) < 4.78 is 5.36. The number of carbonyl (C=O) groups is 1. The van der Waals surface area contributed by atoms with Gasteiger partial charge in [-0.15, -0.1) is 10.2 Å². The third kappa shape index (κ3) is 3.72. The lowest BCUT2D eigenvalue weighted by molar-refractivity contribution is 0.0741. The second-order valence-electron chi connectivity index (χ2n) is 6.44. The standard InChI is InChI=1S/C15H23N5O2/c1-6-7-12-18-19-13(22-12)14(21)20(5)9-10-8-11(17-16-10)15(2,3)4/h8H,6-7,9H2,1-5H3,(H,16,17). The molecule has 0 aromatic carbocycles. The second-order valence-corrected chi connectivity index (χ2v) is 6.44. The minimum Gasteiger partial charge on any atom is -0.417 e. The van der Waals surface area contributed by atoms with E-state index in [2.05, 4.69) is 41.2 Å². The largest absolute Gasteiger partial charge is 0.417 e. The van der Waals surface area contributed by atoms with Crippen LogP contribution < -0.4 is 0 Å². The van der Waals surface area contributed by atoms with Gasteiger partial charge in [0.2, 0.25) is 5.89 Å². The van der Waals surface area contributed by atoms with Gasteiger partial charge in [0.05, 0.1) is 17.9 Å². The normalized spacial score (nSPS) is 11.7. The molecule has 0 saturated heterocycles. The summed E-state index contributed by atoms with van der Waals surface area (Å²) in [6.45, 7) is 8.71. The van der Waals surface area contributed by atoms with Crippen molar-refractivity contribution in [2.45, 2.75) is 52.5 Å². The van der Waals surface area contributed by atoms with Gasteiger partial charge < -0.3 is 9.32 Å². The Bertz CT molecular complexity index is 638. The Balaban J connectivity index is 2.03. The van der Waals surface area contributed by atoms with E-state index >= 15 is 0 Å². The van der Waals surface area contributed by atoms with E-state index < -0.39 is 0 Å². The highest BCUT2D eigenvalue weighted by Crippen LogP contribution is 2.20. The van der Waals surface area contributed by atoms with Crippen LogP contribution in [-0.2, 0) is 18.4 Å². The van der Waals surface area contributed by atoms with Crippen molar-refractivity contribution in [1.29, 1.82) is 0 Å². The fraction of sp³-hybridized carbons (Fsp3) is 0.600. The molecule has 0 spiro atoms. The predicted octanol–water partition coefficient (Wildman–Crippen LogP) is 2.31. The van der Waals surface area contributed by atoms with Crippen molar-refractivity contribution in [2.24, 2.45) is 0 Å². The average Bonchev–Trinajstić information content (AvgIpc) is 3.07. The lowest BCUT2D eigenvalue weighted by Gasteiger charge is -2.14. The van der Waals surface area contributed by atoms with Gasteiger partial charge in [0.15, 0.2) is 0 Å². The third-order valence-corrected chi connectivity index (χ3v) is 3.27. The average molecular weight is 305 g/mol. The van der Waals surface area contributed by atoms with E-state index in [1.54, 1.807) is 7.05 Å². The van der Waals surface area contributed by atoms with Crippen LogP contribution in [0.1, 0.15) is 62.1 Å². The summed E-state index contributed by atoms with van der Waals surface area (Å²) in [7, 11) is 1.70. The number of aryl methyl sites for hydroxylation is 1. The number of carbonyl (C=O) groups excluding carboxylic acids is 1. The highest BCUT2D eigenvalue weighted by Gasteiger charge is 2.21. The molecular formula is C15H23N5O2. The van der Waals surface area contributed by atoms with Gasteiger partial charge in [-0.05, 0) is 12.5 Å². The summed E-state index contributed by atoms with van der Waals surface area (Å²) in [5.74, 6) is 0.235. The molecule has 0 aliphatic rings. The molecule has 0 atom stereocenters. The zero-order valence-corrected chi connectivity index (χ0v) is 13.8. The van der Waals surface area contributed by atoms with Crippen molar-refractivity contribution in [1.82, 2.24) is 25.3 Å². The van der Waals surface area contributed by atoms with Crippen molar-refractivity contribution in [3.63, 3.8) is 0 Å². The van der Waals surface area contributed by atoms with E-state index in [-0.39, 0.29) is 17.2 Å². The number of rotatable bonds is 5. The molecule has 1 N–H and O–H groups in total. The molecule has 0 radical (unpaired) electrons. The van der Waals surface area contributed by atoms with Gasteiger partial charge in [-0.25, -0.2) is 0 Å². The number of hydrogen-bond donors (Lipinski definition) is 1. The van der Waals surface area contributed by atoms with Gasteiger partial charge in [0, 0.05) is 18.9 Å². The molecule has 0 saturated carbocycles. The van der Waals surface area contributed by atoms with Gasteiger partial charge in [-0.3, -0.25) is 9.89 Å². The van der Waals surface area contributed by atoms with Crippen LogP contribution in [-0.4, -0.2) is 38.2 Å². The first-order valence-corrected chi connectivity index (χ1v) is 7.44. The lowest BCUT2D eigenvalue weighted by atomic mass is 9.92. The SMILES string of the molecule is CCCc1nnc(C(=O)N(C)Cc2cc(C(C)(C)C)n[nH]2)o1. The number of nitrogens with one attached hydrogen (secondary N) is 1. The minimum atomic E-state index is -0.290. The maximum absolute atomic E-state index is 12.3. The first-order valence-electron chi connectivity index (χ1n) is 7.44. The van der Waals surface area contributed by atoms with Crippen molar-refractivity contribution in [2.75, 3.05) is 7.05 Å². The molecule has 2 rings (SSSR count). The quantitative estimate of drug-likeness (QED) is 0.915. The summed E-state index contributed by atoms with van der Waals surface area (Å²) in [5, 5.41) is 14.9. The molecule has 2 heterocycles. The number of aromatic amines is 1. The number of amides is 1. The van der Waals surface area contributed by atoms with E-state index in [0.29, 0.717) is 18.9 Å². The first-order chi connectivity index (χ1) is 10.3. The Morgan fingerprint density at radius 3 is 2.68 bits per heavy atom. The molecule has 7 nitrogen and oxygen atoms in total. The number of hydrogen-bond acceptors (Lipinski definition) is 5. The van der Waals surface area contributed by atoms with Crippen LogP contribution in [0.2, 0.25) is 0 Å². The van der Waals surface area contributed by atoms with E-state index in [4.69, 9.17) is 4.42 Å². The van der Waals surface area contributed by atoms with E-state index in [0.717, 1.165) is 17.8 Å². The summed E-state index contributed by atoms with van der Waals surface area (Å²) >= 11 is 0. The van der Waals surface area contributed by atoms with Crippen molar-refractivity contribution < 1.29 is 9.21 Å². The van der Waals surface area contributed by atoms with Gasteiger partial charge in [-0.1, -0.05) is 27.7 Å². The summed E-state index contributed by atoms with van der Waals surface area (Å²) in [5.41, 5.74) is 1.80. The number of nitrogens with zero attached hydrogens (tertiary/aromatic N) is 4. The van der Waals surface area contributed by atoms with Crippen LogP contribution >= 0.6 is 0 Å². The Kier molecular flexibility index (Phi) is 4.63. The lowest BCUT2D eigenvalue weighted by Crippen LogP contribution is -2.26. The highest BCUT2D eigenvalue weighted by atomic mass is 16.4. The molecule has 1 amide bonds. The van der Waals surface area contributed by atoms with Crippen LogP contribution in [0.4, 0.5) is 0 Å². The second kappa shape index (κ2) is 6.29. The summed E-state index contributed by atoms with van der Waals surface area (Å²) in [6, 6.07) is 1.97. The zero-order valence-electron chi connectivity index (χ0n) is 13.8. The maximum Gasteiger partial charge on any atom is 0.311 e. The number of aromatic nitrogens is 4. The van der Waals surface area contributed by atoms with Gasteiger partial charge in [0.1, 0.15) is 0 Å². The molecule has 120 valence electrons. The van der Waals surface area contributed by atoms with Crippen molar-refractivity contribution in [3.8, 4) is 0 Å². The van der Waals surface area contributed by atoms with Gasteiger partial charge in [0.25, 0.3) is 0 Å². The van der Waals surface area contributed by atoms with Crippen LogP contribution in [0.25, 0.3) is 0 Å². The molecule has 0 aliphatic carbocycles. The fourth-order valence-corrected chi connectivity index (χ4v) is 1.97. The molecule has 7 heteroatoms. The fourth-order valence-electron chi connectivity index (χ4n) is 1.97. The highest BCUT2D eigenvalue weighted by molar-refractivity contribution is 5.89. The van der Waals surface area contributed by atoms with Crippen LogP contribution in [0.15, 0.2) is 10.5 Å². The van der Waals surface area contributed by atoms with Crippen molar-refractivity contribution >= 4 is 5.91 Å². The predicted molar refractivity (Wildman–Crippen MR) is 81.4 cm³/mol. The molecule has 0 bridgehead atoms. The smallest absolute Gasteiger partial charge is 0.311 e. The van der Waals surface area contributed by atoms with Crippen molar-refractivity contribution in [3.05, 3.63) is 29.2 Å². The molecular weight excluding hydrogens is 282 g/mol. The van der Waals surface area contributed by atoms with Crippen LogP contribution in [0, 0.1) is 0 Å². The Labute approximate surface area is 130 Å². The molecule has 0 unspecified atom stereocenters. The molecule has 2 aromatic rings. The molecule has 2 aromatic heterocycles. The van der Waals surface area contributed by atoms with E-state index in [9.17, 15) is 4.79 Å². The Morgan fingerprint density at radius 1 is 1.36 bits per heavy atom. The third-order valence-electron chi connectivity index (χ3n) is 3.27. The molecule has 22 heavy (non-hydrogen) atoms. The monoisotopic (exact) mass is 305 g/mol. The molecule has 0 fully saturated rings. The summed E-state index contributed by atoms with van der Waals surface area (Å²) in [6.07, 6.45) is 1.58. The number of H-pyrrole nitrogens is 1.